The van der Waals surface area contributed by atoms with E-state index in [1.165, 1.54) is 23.9 Å². The van der Waals surface area contributed by atoms with Crippen LogP contribution in [0.5, 0.6) is 5.75 Å². The molecule has 0 fully saturated rings. The second-order valence-electron chi connectivity index (χ2n) is 8.88. The van der Waals surface area contributed by atoms with E-state index in [9.17, 15) is 34.2 Å². The summed E-state index contributed by atoms with van der Waals surface area (Å²) in [6.07, 6.45) is 1.54. The van der Waals surface area contributed by atoms with Crippen LogP contribution < -0.4 is 21.7 Å². The second-order valence-corrected chi connectivity index (χ2v) is 9.87. The predicted molar refractivity (Wildman–Crippen MR) is 138 cm³/mol. The summed E-state index contributed by atoms with van der Waals surface area (Å²) in [5, 5.41) is 35.4. The maximum Gasteiger partial charge on any atom is 0.326 e. The number of rotatable bonds is 16. The van der Waals surface area contributed by atoms with Gasteiger partial charge in [-0.05, 0) is 48.5 Å². The molecule has 1 aromatic carbocycles. The normalized spacial score (nSPS) is 14.2. The molecule has 0 aliphatic rings. The van der Waals surface area contributed by atoms with Crippen LogP contribution in [0.3, 0.4) is 0 Å². The van der Waals surface area contributed by atoms with Crippen molar-refractivity contribution in [3.63, 3.8) is 0 Å². The number of carbonyl (C=O) groups excluding carboxylic acids is 3. The van der Waals surface area contributed by atoms with Crippen LogP contribution in [0.1, 0.15) is 38.7 Å². The number of amides is 3. The summed E-state index contributed by atoms with van der Waals surface area (Å²) in [5.74, 6) is -4.33. The van der Waals surface area contributed by atoms with Gasteiger partial charge in [-0.3, -0.25) is 19.2 Å². The number of hydrogen-bond acceptors (Lipinski definition) is 8. The molecule has 12 nitrogen and oxygen atoms in total. The van der Waals surface area contributed by atoms with E-state index in [1.54, 1.807) is 26.0 Å². The van der Waals surface area contributed by atoms with Gasteiger partial charge in [-0.2, -0.15) is 11.8 Å². The predicted octanol–water partition coefficient (Wildman–Crippen LogP) is 0.0749. The second kappa shape index (κ2) is 15.7. The Kier molecular flexibility index (Phi) is 13.5. The number of nitrogens with one attached hydrogen (secondary N) is 3. The average Bonchev–Trinajstić information content (AvgIpc) is 2.83. The SMILES string of the molecule is CSCCC(NC(=O)C(Cc1ccc(O)cc1)NC(=O)C(N)CCC(=O)O)C(=O)NC(C(=O)O)C(C)C. The van der Waals surface area contributed by atoms with E-state index in [4.69, 9.17) is 10.8 Å². The molecule has 37 heavy (non-hydrogen) atoms. The topological polar surface area (TPSA) is 208 Å². The Morgan fingerprint density at radius 3 is 1.97 bits per heavy atom. The van der Waals surface area contributed by atoms with Crippen molar-refractivity contribution in [2.75, 3.05) is 12.0 Å². The first-order chi connectivity index (χ1) is 17.3. The number of phenols is 1. The molecule has 3 amide bonds. The van der Waals surface area contributed by atoms with Gasteiger partial charge in [0.15, 0.2) is 0 Å². The zero-order valence-corrected chi connectivity index (χ0v) is 21.9. The van der Waals surface area contributed by atoms with Crippen molar-refractivity contribution in [3.05, 3.63) is 29.8 Å². The molecule has 0 saturated heterocycles. The number of carboxylic acid groups (broad SMARTS) is 2. The molecule has 0 heterocycles. The highest BCUT2D eigenvalue weighted by molar-refractivity contribution is 7.98. The highest BCUT2D eigenvalue weighted by Crippen LogP contribution is 2.13. The Bertz CT molecular complexity index is 941. The largest absolute Gasteiger partial charge is 0.508 e. The van der Waals surface area contributed by atoms with E-state index < -0.39 is 59.7 Å². The Labute approximate surface area is 219 Å². The van der Waals surface area contributed by atoms with Gasteiger partial charge in [0.2, 0.25) is 17.7 Å². The first-order valence-electron chi connectivity index (χ1n) is 11.7. The summed E-state index contributed by atoms with van der Waals surface area (Å²) in [7, 11) is 0. The lowest BCUT2D eigenvalue weighted by atomic mass is 10.0. The molecular formula is C24H36N4O8S. The van der Waals surface area contributed by atoms with Crippen LogP contribution in [0.25, 0.3) is 0 Å². The Balaban J connectivity index is 3.11. The summed E-state index contributed by atoms with van der Waals surface area (Å²) >= 11 is 1.44. The van der Waals surface area contributed by atoms with Crippen LogP contribution in [0, 0.1) is 5.92 Å². The lowest BCUT2D eigenvalue weighted by Crippen LogP contribution is -2.58. The molecule has 0 aliphatic heterocycles. The summed E-state index contributed by atoms with van der Waals surface area (Å²) in [5.41, 5.74) is 6.38. The van der Waals surface area contributed by atoms with Crippen molar-refractivity contribution >= 4 is 41.4 Å². The van der Waals surface area contributed by atoms with Gasteiger partial charge in [-0.1, -0.05) is 26.0 Å². The maximum absolute atomic E-state index is 13.3. The van der Waals surface area contributed by atoms with Crippen LogP contribution in [-0.2, 0) is 30.4 Å². The Morgan fingerprint density at radius 2 is 1.46 bits per heavy atom. The third-order valence-electron chi connectivity index (χ3n) is 5.49. The molecule has 8 N–H and O–H groups in total. The van der Waals surface area contributed by atoms with E-state index >= 15 is 0 Å². The highest BCUT2D eigenvalue weighted by atomic mass is 32.2. The quantitative estimate of drug-likeness (QED) is 0.150. The summed E-state index contributed by atoms with van der Waals surface area (Å²) in [6.45, 7) is 3.29. The number of aliphatic carboxylic acids is 2. The summed E-state index contributed by atoms with van der Waals surface area (Å²) < 4.78 is 0. The fourth-order valence-electron chi connectivity index (χ4n) is 3.31. The van der Waals surface area contributed by atoms with Crippen molar-refractivity contribution in [2.45, 2.75) is 63.7 Å². The number of carboxylic acids is 2. The zero-order valence-electron chi connectivity index (χ0n) is 21.1. The van der Waals surface area contributed by atoms with Gasteiger partial charge in [0, 0.05) is 12.8 Å². The minimum Gasteiger partial charge on any atom is -0.508 e. The van der Waals surface area contributed by atoms with Crippen molar-refractivity contribution < 1.29 is 39.3 Å². The monoisotopic (exact) mass is 540 g/mol. The van der Waals surface area contributed by atoms with Gasteiger partial charge in [-0.15, -0.1) is 0 Å². The number of hydrogen-bond donors (Lipinski definition) is 7. The Morgan fingerprint density at radius 1 is 0.892 bits per heavy atom. The van der Waals surface area contributed by atoms with Crippen LogP contribution in [0.2, 0.25) is 0 Å². The average molecular weight is 541 g/mol. The minimum atomic E-state index is -1.20. The van der Waals surface area contributed by atoms with Gasteiger partial charge < -0.3 is 37.0 Å². The molecular weight excluding hydrogens is 504 g/mol. The molecule has 0 saturated carbocycles. The van der Waals surface area contributed by atoms with Crippen molar-refractivity contribution in [1.29, 1.82) is 0 Å². The molecule has 1 rings (SSSR count). The standard InChI is InChI=1S/C24H36N4O8S/c1-13(2)20(24(35)36)28-22(33)17(10-11-37-3)26-23(34)18(12-14-4-6-15(29)7-5-14)27-21(32)16(25)8-9-19(30)31/h4-7,13,16-18,20,29H,8-12,25H2,1-3H3,(H,26,34)(H,27,32)(H,28,33)(H,30,31)(H,35,36). The van der Waals surface area contributed by atoms with Gasteiger partial charge in [0.05, 0.1) is 6.04 Å². The van der Waals surface area contributed by atoms with Crippen molar-refractivity contribution in [2.24, 2.45) is 11.7 Å². The number of nitrogens with two attached hydrogens (primary N) is 1. The van der Waals surface area contributed by atoms with Crippen LogP contribution in [-0.4, -0.2) is 81.2 Å². The van der Waals surface area contributed by atoms with Crippen LogP contribution in [0.15, 0.2) is 24.3 Å². The summed E-state index contributed by atoms with van der Waals surface area (Å²) in [6, 6.07) is 1.37. The molecule has 0 bridgehead atoms. The molecule has 0 aliphatic carbocycles. The molecule has 0 spiro atoms. The van der Waals surface area contributed by atoms with Gasteiger partial charge in [0.1, 0.15) is 23.9 Å². The van der Waals surface area contributed by atoms with Gasteiger partial charge in [-0.25, -0.2) is 4.79 Å². The fraction of sp³-hybridized carbons (Fsp3) is 0.542. The number of benzene rings is 1. The lowest BCUT2D eigenvalue weighted by molar-refractivity contribution is -0.143. The molecule has 4 atom stereocenters. The lowest BCUT2D eigenvalue weighted by Gasteiger charge is -2.26. The number of aromatic hydroxyl groups is 1. The van der Waals surface area contributed by atoms with E-state index in [1.807, 2.05) is 6.26 Å². The van der Waals surface area contributed by atoms with Crippen LogP contribution in [0.4, 0.5) is 0 Å². The third-order valence-corrected chi connectivity index (χ3v) is 6.13. The molecule has 1 aromatic rings. The molecule has 206 valence electrons. The van der Waals surface area contributed by atoms with E-state index in [0.717, 1.165) is 0 Å². The third kappa shape index (κ3) is 11.5. The first-order valence-corrected chi connectivity index (χ1v) is 13.1. The zero-order chi connectivity index (χ0) is 28.1. The van der Waals surface area contributed by atoms with Crippen molar-refractivity contribution in [3.8, 4) is 5.75 Å². The molecule has 0 radical (unpaired) electrons. The van der Waals surface area contributed by atoms with E-state index in [0.29, 0.717) is 11.3 Å². The molecule has 13 heteroatoms. The number of phenolic OH excluding ortho intramolecular Hbond substituents is 1. The maximum atomic E-state index is 13.3. The Hall–Kier alpha value is -3.32. The fourth-order valence-corrected chi connectivity index (χ4v) is 3.78. The number of carbonyl (C=O) groups is 5. The van der Waals surface area contributed by atoms with Crippen LogP contribution >= 0.6 is 11.8 Å². The first kappa shape index (κ1) is 31.7. The highest BCUT2D eigenvalue weighted by Gasteiger charge is 2.31. The van der Waals surface area contributed by atoms with Gasteiger partial charge >= 0.3 is 11.9 Å². The molecule has 4 unspecified atom stereocenters. The van der Waals surface area contributed by atoms with Crippen molar-refractivity contribution in [1.82, 2.24) is 16.0 Å². The minimum absolute atomic E-state index is 0.00981. The molecule has 0 aromatic heterocycles. The number of thioether (sulfide) groups is 1. The smallest absolute Gasteiger partial charge is 0.326 e. The van der Waals surface area contributed by atoms with Gasteiger partial charge in [0.25, 0.3) is 0 Å². The summed E-state index contributed by atoms with van der Waals surface area (Å²) in [4.78, 5) is 61.1. The van der Waals surface area contributed by atoms with E-state index in [-0.39, 0.29) is 31.4 Å². The van der Waals surface area contributed by atoms with E-state index in [2.05, 4.69) is 16.0 Å².